The Hall–Kier alpha value is -0.870. The second-order valence-corrected chi connectivity index (χ2v) is 4.62. The van der Waals surface area contributed by atoms with Gasteiger partial charge in [0.15, 0.2) is 0 Å². The number of hydrogen-bond acceptors (Lipinski definition) is 3. The van der Waals surface area contributed by atoms with Gasteiger partial charge >= 0.3 is 5.97 Å². The lowest BCUT2D eigenvalue weighted by molar-refractivity contribution is -0.145. The fraction of sp³-hybridized carbons (Fsp3) is 0.417. The lowest BCUT2D eigenvalue weighted by Gasteiger charge is -2.25. The van der Waals surface area contributed by atoms with E-state index < -0.39 is 0 Å². The fourth-order valence-corrected chi connectivity index (χ4v) is 2.49. The van der Waals surface area contributed by atoms with Crippen LogP contribution in [0.15, 0.2) is 22.7 Å². The summed E-state index contributed by atoms with van der Waals surface area (Å²) in [6, 6.07) is 5.88. The van der Waals surface area contributed by atoms with Gasteiger partial charge in [0.2, 0.25) is 0 Å². The van der Waals surface area contributed by atoms with E-state index in [4.69, 9.17) is 4.74 Å². The molecule has 0 amide bonds. The monoisotopic (exact) mass is 283 g/mol. The van der Waals surface area contributed by atoms with E-state index in [0.717, 1.165) is 11.0 Å². The van der Waals surface area contributed by atoms with Gasteiger partial charge in [0.25, 0.3) is 0 Å². The Bertz CT molecular complexity index is 406. The molecule has 86 valence electrons. The molecule has 0 fully saturated rings. The maximum Gasteiger partial charge on any atom is 0.323 e. The van der Waals surface area contributed by atoms with Crippen molar-refractivity contribution in [1.82, 2.24) is 5.32 Å². The highest BCUT2D eigenvalue weighted by Crippen LogP contribution is 2.25. The van der Waals surface area contributed by atoms with E-state index in [2.05, 4.69) is 27.3 Å². The minimum atomic E-state index is -0.217. The topological polar surface area (TPSA) is 38.3 Å². The fourth-order valence-electron chi connectivity index (χ4n) is 1.92. The van der Waals surface area contributed by atoms with Crippen LogP contribution >= 0.6 is 15.9 Å². The van der Waals surface area contributed by atoms with E-state index in [1.165, 1.54) is 11.1 Å². The van der Waals surface area contributed by atoms with Gasteiger partial charge < -0.3 is 10.1 Å². The van der Waals surface area contributed by atoms with Crippen molar-refractivity contribution in [3.63, 3.8) is 0 Å². The minimum absolute atomic E-state index is 0.163. The number of hydrogen-bond donors (Lipinski definition) is 1. The zero-order valence-electron chi connectivity index (χ0n) is 9.13. The van der Waals surface area contributed by atoms with Crippen LogP contribution in [-0.4, -0.2) is 18.6 Å². The van der Waals surface area contributed by atoms with E-state index in [9.17, 15) is 4.79 Å². The SMILES string of the molecule is CCOC(=O)[C@H]1Cc2c(Br)cccc2CN1. The molecule has 0 aromatic heterocycles. The normalized spacial score (nSPS) is 19.0. The Labute approximate surface area is 103 Å². The van der Waals surface area contributed by atoms with E-state index in [1.807, 2.05) is 19.1 Å². The van der Waals surface area contributed by atoms with Crippen LogP contribution in [0.1, 0.15) is 18.1 Å². The molecule has 0 bridgehead atoms. The van der Waals surface area contributed by atoms with Crippen LogP contribution in [-0.2, 0) is 22.5 Å². The minimum Gasteiger partial charge on any atom is -0.465 e. The summed E-state index contributed by atoms with van der Waals surface area (Å²) < 4.78 is 6.09. The zero-order valence-corrected chi connectivity index (χ0v) is 10.7. The van der Waals surface area contributed by atoms with Crippen molar-refractivity contribution in [3.05, 3.63) is 33.8 Å². The molecule has 0 saturated heterocycles. The largest absolute Gasteiger partial charge is 0.465 e. The predicted molar refractivity (Wildman–Crippen MR) is 65.1 cm³/mol. The molecular formula is C12H14BrNO2. The molecule has 1 atom stereocenters. The highest BCUT2D eigenvalue weighted by Gasteiger charge is 2.26. The molecule has 0 spiro atoms. The molecule has 0 aliphatic carbocycles. The van der Waals surface area contributed by atoms with Gasteiger partial charge in [0.05, 0.1) is 6.61 Å². The van der Waals surface area contributed by atoms with Crippen molar-refractivity contribution < 1.29 is 9.53 Å². The predicted octanol–water partition coefficient (Wildman–Crippen LogP) is 2.03. The number of carbonyl (C=O) groups excluding carboxylic acids is 1. The molecule has 2 rings (SSSR count). The second kappa shape index (κ2) is 4.97. The summed E-state index contributed by atoms with van der Waals surface area (Å²) in [4.78, 5) is 11.6. The standard InChI is InChI=1S/C12H14BrNO2/c1-2-16-12(15)11-6-9-8(7-14-11)4-3-5-10(9)13/h3-5,11,14H,2,6-7H2,1H3/t11-/m1/s1. The summed E-state index contributed by atoms with van der Waals surface area (Å²) in [5.41, 5.74) is 2.45. The van der Waals surface area contributed by atoms with Crippen molar-refractivity contribution in [1.29, 1.82) is 0 Å². The smallest absolute Gasteiger partial charge is 0.323 e. The molecule has 4 heteroatoms. The third-order valence-corrected chi connectivity index (χ3v) is 3.48. The summed E-state index contributed by atoms with van der Waals surface area (Å²) in [6.07, 6.45) is 0.690. The van der Waals surface area contributed by atoms with Gasteiger partial charge in [-0.2, -0.15) is 0 Å². The molecular weight excluding hydrogens is 270 g/mol. The number of ether oxygens (including phenoxy) is 1. The summed E-state index contributed by atoms with van der Waals surface area (Å²) in [7, 11) is 0. The van der Waals surface area contributed by atoms with Crippen molar-refractivity contribution in [2.45, 2.75) is 25.9 Å². The average Bonchev–Trinajstić information content (AvgIpc) is 2.29. The Kier molecular flexibility index (Phi) is 3.61. The number of benzene rings is 1. The average molecular weight is 284 g/mol. The number of halogens is 1. The van der Waals surface area contributed by atoms with Crippen LogP contribution in [0.2, 0.25) is 0 Å². The Balaban J connectivity index is 2.17. The van der Waals surface area contributed by atoms with Gasteiger partial charge in [-0.3, -0.25) is 4.79 Å². The summed E-state index contributed by atoms with van der Waals surface area (Å²) in [6.45, 7) is 2.97. The number of nitrogens with one attached hydrogen (secondary N) is 1. The first-order valence-corrected chi connectivity index (χ1v) is 6.18. The number of carbonyl (C=O) groups is 1. The lowest BCUT2D eigenvalue weighted by atomic mass is 9.96. The third kappa shape index (κ3) is 2.28. The van der Waals surface area contributed by atoms with Gasteiger partial charge in [0, 0.05) is 11.0 Å². The van der Waals surface area contributed by atoms with Crippen molar-refractivity contribution >= 4 is 21.9 Å². The van der Waals surface area contributed by atoms with Crippen LogP contribution in [0.4, 0.5) is 0 Å². The van der Waals surface area contributed by atoms with Gasteiger partial charge in [-0.05, 0) is 30.5 Å². The quantitative estimate of drug-likeness (QED) is 0.844. The van der Waals surface area contributed by atoms with E-state index in [0.29, 0.717) is 13.0 Å². The van der Waals surface area contributed by atoms with Gasteiger partial charge in [-0.15, -0.1) is 0 Å². The van der Waals surface area contributed by atoms with Crippen LogP contribution in [0.25, 0.3) is 0 Å². The van der Waals surface area contributed by atoms with E-state index in [1.54, 1.807) is 0 Å². The van der Waals surface area contributed by atoms with Crippen LogP contribution in [0.5, 0.6) is 0 Å². The summed E-state index contributed by atoms with van der Waals surface area (Å²) >= 11 is 3.52. The van der Waals surface area contributed by atoms with Crippen LogP contribution < -0.4 is 5.32 Å². The Morgan fingerprint density at radius 1 is 1.62 bits per heavy atom. The van der Waals surface area contributed by atoms with Crippen molar-refractivity contribution in [2.24, 2.45) is 0 Å². The molecule has 1 aliphatic heterocycles. The Morgan fingerprint density at radius 2 is 2.44 bits per heavy atom. The second-order valence-electron chi connectivity index (χ2n) is 3.77. The first-order chi connectivity index (χ1) is 7.72. The molecule has 1 aromatic carbocycles. The molecule has 1 aromatic rings. The molecule has 0 saturated carbocycles. The van der Waals surface area contributed by atoms with Crippen molar-refractivity contribution in [3.8, 4) is 0 Å². The van der Waals surface area contributed by atoms with E-state index in [-0.39, 0.29) is 12.0 Å². The summed E-state index contributed by atoms with van der Waals surface area (Å²) in [5, 5.41) is 3.19. The van der Waals surface area contributed by atoms with E-state index >= 15 is 0 Å². The van der Waals surface area contributed by atoms with Crippen molar-refractivity contribution in [2.75, 3.05) is 6.61 Å². The van der Waals surface area contributed by atoms with Crippen LogP contribution in [0.3, 0.4) is 0 Å². The third-order valence-electron chi connectivity index (χ3n) is 2.73. The molecule has 16 heavy (non-hydrogen) atoms. The molecule has 3 nitrogen and oxygen atoms in total. The molecule has 0 unspecified atom stereocenters. The maximum absolute atomic E-state index is 11.6. The number of rotatable bonds is 2. The molecule has 1 N–H and O–H groups in total. The molecule has 1 heterocycles. The first kappa shape index (κ1) is 11.6. The lowest BCUT2D eigenvalue weighted by Crippen LogP contribution is -2.42. The van der Waals surface area contributed by atoms with Gasteiger partial charge in [-0.1, -0.05) is 28.1 Å². The number of fused-ring (bicyclic) bond motifs is 1. The van der Waals surface area contributed by atoms with Gasteiger partial charge in [0.1, 0.15) is 6.04 Å². The number of esters is 1. The van der Waals surface area contributed by atoms with Gasteiger partial charge in [-0.25, -0.2) is 0 Å². The maximum atomic E-state index is 11.6. The Morgan fingerprint density at radius 3 is 3.19 bits per heavy atom. The summed E-state index contributed by atoms with van der Waals surface area (Å²) in [5.74, 6) is -0.163. The highest BCUT2D eigenvalue weighted by molar-refractivity contribution is 9.10. The highest BCUT2D eigenvalue weighted by atomic mass is 79.9. The first-order valence-electron chi connectivity index (χ1n) is 5.38. The van der Waals surface area contributed by atoms with Crippen LogP contribution in [0, 0.1) is 0 Å². The molecule has 0 radical (unpaired) electrons. The zero-order chi connectivity index (χ0) is 11.5. The molecule has 1 aliphatic rings.